The number of nitrogens with zero attached hydrogens (tertiary/aromatic N) is 1. The largest absolute Gasteiger partial charge is 0.497 e. The molecule has 148 valence electrons. The third kappa shape index (κ3) is 5.96. The Bertz CT molecular complexity index is 643. The summed E-state index contributed by atoms with van der Waals surface area (Å²) in [5.74, 6) is 0.774. The molecule has 0 spiro atoms. The lowest BCUT2D eigenvalue weighted by Gasteiger charge is -2.24. The van der Waals surface area contributed by atoms with Gasteiger partial charge in [-0.05, 0) is 43.4 Å². The molecule has 1 aliphatic heterocycles. The average Bonchev–Trinajstić information content (AvgIpc) is 3.47. The van der Waals surface area contributed by atoms with Gasteiger partial charge >= 0.3 is 0 Å². The zero-order valence-corrected chi connectivity index (χ0v) is 16.4. The van der Waals surface area contributed by atoms with Crippen LogP contribution in [0.15, 0.2) is 24.3 Å². The fraction of sp³-hybridized carbons (Fsp3) is 0.619. The third-order valence-corrected chi connectivity index (χ3v) is 5.49. The second-order valence-corrected chi connectivity index (χ2v) is 7.81. The van der Waals surface area contributed by atoms with Crippen molar-refractivity contribution in [1.82, 2.24) is 15.5 Å². The van der Waals surface area contributed by atoms with Crippen molar-refractivity contribution in [3.63, 3.8) is 0 Å². The van der Waals surface area contributed by atoms with Gasteiger partial charge in [0.15, 0.2) is 0 Å². The Balaban J connectivity index is 1.54. The lowest BCUT2D eigenvalue weighted by Crippen LogP contribution is -2.42. The Hall–Kier alpha value is -2.08. The number of hydrogen-bond donors (Lipinski definition) is 2. The highest BCUT2D eigenvalue weighted by Gasteiger charge is 2.30. The second-order valence-electron chi connectivity index (χ2n) is 7.81. The van der Waals surface area contributed by atoms with Crippen LogP contribution in [-0.4, -0.2) is 49.5 Å². The van der Waals surface area contributed by atoms with Crippen molar-refractivity contribution in [2.24, 2.45) is 5.92 Å². The SMILES string of the molecule is COc1ccc(CN[C@@H]2CCC[C@@H](C(=O)NC3CC3)CC(=O)N(C)C2)cc1. The number of nitrogens with one attached hydrogen (secondary N) is 2. The maximum Gasteiger partial charge on any atom is 0.223 e. The number of carbonyl (C=O) groups is 2. The van der Waals surface area contributed by atoms with Crippen molar-refractivity contribution in [2.75, 3.05) is 20.7 Å². The van der Waals surface area contributed by atoms with Gasteiger partial charge in [-0.3, -0.25) is 9.59 Å². The number of rotatable bonds is 6. The first-order chi connectivity index (χ1) is 13.0. The molecule has 2 amide bonds. The van der Waals surface area contributed by atoms with E-state index < -0.39 is 0 Å². The summed E-state index contributed by atoms with van der Waals surface area (Å²) in [4.78, 5) is 26.7. The van der Waals surface area contributed by atoms with Crippen LogP contribution in [0.2, 0.25) is 0 Å². The van der Waals surface area contributed by atoms with Crippen LogP contribution in [0.3, 0.4) is 0 Å². The van der Waals surface area contributed by atoms with Crippen LogP contribution in [0.5, 0.6) is 5.75 Å². The molecule has 2 fully saturated rings. The van der Waals surface area contributed by atoms with Crippen molar-refractivity contribution in [3.8, 4) is 5.75 Å². The summed E-state index contributed by atoms with van der Waals surface area (Å²) >= 11 is 0. The van der Waals surface area contributed by atoms with E-state index in [4.69, 9.17) is 4.74 Å². The molecule has 0 unspecified atom stereocenters. The smallest absolute Gasteiger partial charge is 0.223 e. The molecule has 6 nitrogen and oxygen atoms in total. The standard InChI is InChI=1S/C21H31N3O3/c1-24-14-18(22-13-15-6-10-19(27-2)11-7-15)5-3-4-16(12-20(24)25)21(26)23-17-8-9-17/h6-7,10-11,16-18,22H,3-5,8-9,12-14H2,1-2H3,(H,23,26)/t16-,18-/m1/s1. The van der Waals surface area contributed by atoms with Crippen LogP contribution < -0.4 is 15.4 Å². The molecule has 0 bridgehead atoms. The van der Waals surface area contributed by atoms with Gasteiger partial charge in [0.1, 0.15) is 5.75 Å². The van der Waals surface area contributed by atoms with Gasteiger partial charge in [0.05, 0.1) is 7.11 Å². The highest BCUT2D eigenvalue weighted by molar-refractivity contribution is 5.86. The quantitative estimate of drug-likeness (QED) is 0.801. The minimum atomic E-state index is -0.194. The van der Waals surface area contributed by atoms with Crippen LogP contribution in [0, 0.1) is 5.92 Å². The van der Waals surface area contributed by atoms with Crippen LogP contribution in [0.4, 0.5) is 0 Å². The van der Waals surface area contributed by atoms with E-state index >= 15 is 0 Å². The maximum atomic E-state index is 12.5. The molecule has 1 saturated carbocycles. The number of carbonyl (C=O) groups excluding carboxylic acids is 2. The molecule has 2 aliphatic rings. The predicted octanol–water partition coefficient (Wildman–Crippen LogP) is 2.08. The van der Waals surface area contributed by atoms with Gasteiger partial charge in [-0.15, -0.1) is 0 Å². The van der Waals surface area contributed by atoms with Gasteiger partial charge in [-0.1, -0.05) is 18.6 Å². The molecule has 1 saturated heterocycles. The zero-order chi connectivity index (χ0) is 19.2. The number of likely N-dealkylation sites (N-methyl/N-ethyl adjacent to an activating group) is 1. The number of amides is 2. The maximum absolute atomic E-state index is 12.5. The van der Waals surface area contributed by atoms with Crippen molar-refractivity contribution in [1.29, 1.82) is 0 Å². The molecule has 1 aromatic carbocycles. The number of benzene rings is 1. The molecule has 1 heterocycles. The van der Waals surface area contributed by atoms with Gasteiger partial charge in [0, 0.05) is 44.6 Å². The van der Waals surface area contributed by atoms with Crippen LogP contribution in [-0.2, 0) is 16.1 Å². The highest BCUT2D eigenvalue weighted by atomic mass is 16.5. The second kappa shape index (κ2) is 9.22. The van der Waals surface area contributed by atoms with E-state index in [9.17, 15) is 9.59 Å². The van der Waals surface area contributed by atoms with Gasteiger partial charge < -0.3 is 20.3 Å². The third-order valence-electron chi connectivity index (χ3n) is 5.49. The van der Waals surface area contributed by atoms with E-state index in [1.165, 1.54) is 5.56 Å². The molecule has 2 N–H and O–H groups in total. The van der Waals surface area contributed by atoms with Crippen molar-refractivity contribution >= 4 is 11.8 Å². The Labute approximate surface area is 161 Å². The van der Waals surface area contributed by atoms with E-state index in [1.54, 1.807) is 12.0 Å². The molecule has 6 heteroatoms. The molecule has 27 heavy (non-hydrogen) atoms. The Morgan fingerprint density at radius 2 is 1.89 bits per heavy atom. The van der Waals surface area contributed by atoms with Gasteiger partial charge in [0.25, 0.3) is 0 Å². The fourth-order valence-corrected chi connectivity index (χ4v) is 3.55. The van der Waals surface area contributed by atoms with Gasteiger partial charge in [-0.2, -0.15) is 0 Å². The minimum Gasteiger partial charge on any atom is -0.497 e. The van der Waals surface area contributed by atoms with E-state index in [2.05, 4.69) is 10.6 Å². The molecule has 2 atom stereocenters. The van der Waals surface area contributed by atoms with Crippen LogP contribution in [0.25, 0.3) is 0 Å². The van der Waals surface area contributed by atoms with Gasteiger partial charge in [0.2, 0.25) is 11.8 Å². The minimum absolute atomic E-state index is 0.0592. The highest BCUT2D eigenvalue weighted by Crippen LogP contribution is 2.23. The lowest BCUT2D eigenvalue weighted by atomic mass is 9.96. The summed E-state index contributed by atoms with van der Waals surface area (Å²) in [7, 11) is 3.50. The molecular formula is C21H31N3O3. The Kier molecular flexibility index (Phi) is 6.72. The Morgan fingerprint density at radius 1 is 1.15 bits per heavy atom. The van der Waals surface area contributed by atoms with Crippen molar-refractivity contribution in [3.05, 3.63) is 29.8 Å². The first-order valence-electron chi connectivity index (χ1n) is 9.96. The summed E-state index contributed by atoms with van der Waals surface area (Å²) in [5.41, 5.74) is 1.19. The van der Waals surface area contributed by atoms with Gasteiger partial charge in [-0.25, -0.2) is 0 Å². The topological polar surface area (TPSA) is 70.7 Å². The van der Waals surface area contributed by atoms with Crippen LogP contribution >= 0.6 is 0 Å². The first-order valence-corrected chi connectivity index (χ1v) is 9.96. The zero-order valence-electron chi connectivity index (χ0n) is 16.4. The average molecular weight is 373 g/mol. The lowest BCUT2D eigenvalue weighted by molar-refractivity contribution is -0.135. The van der Waals surface area contributed by atoms with E-state index in [0.717, 1.165) is 44.4 Å². The molecule has 0 aromatic heterocycles. The van der Waals surface area contributed by atoms with E-state index in [-0.39, 0.29) is 23.8 Å². The first kappa shape index (κ1) is 19.7. The van der Waals surface area contributed by atoms with Crippen molar-refractivity contribution < 1.29 is 14.3 Å². The van der Waals surface area contributed by atoms with Crippen molar-refractivity contribution in [2.45, 2.75) is 57.2 Å². The number of hydrogen-bond acceptors (Lipinski definition) is 4. The number of methoxy groups -OCH3 is 1. The summed E-state index contributed by atoms with van der Waals surface area (Å²) in [6, 6.07) is 8.59. The fourth-order valence-electron chi connectivity index (χ4n) is 3.55. The van der Waals surface area contributed by atoms with E-state index in [0.29, 0.717) is 19.0 Å². The van der Waals surface area contributed by atoms with E-state index in [1.807, 2.05) is 31.3 Å². The monoisotopic (exact) mass is 373 g/mol. The summed E-state index contributed by atoms with van der Waals surface area (Å²) in [6.07, 6.45) is 5.15. The predicted molar refractivity (Wildman–Crippen MR) is 104 cm³/mol. The summed E-state index contributed by atoms with van der Waals surface area (Å²) < 4.78 is 5.19. The molecule has 1 aromatic rings. The summed E-state index contributed by atoms with van der Waals surface area (Å²) in [5, 5.41) is 6.63. The number of ether oxygens (including phenoxy) is 1. The molecular weight excluding hydrogens is 342 g/mol. The molecule has 1 aliphatic carbocycles. The molecule has 0 radical (unpaired) electrons. The summed E-state index contributed by atoms with van der Waals surface area (Å²) in [6.45, 7) is 1.42. The van der Waals surface area contributed by atoms with Crippen LogP contribution in [0.1, 0.15) is 44.1 Å². The normalized spacial score (nSPS) is 23.9. The Morgan fingerprint density at radius 3 is 2.56 bits per heavy atom. The molecule has 3 rings (SSSR count).